The molecule has 0 aliphatic carbocycles. The number of imide groups is 1. The van der Waals surface area contributed by atoms with Gasteiger partial charge in [0.25, 0.3) is 5.91 Å². The molecule has 0 saturated heterocycles. The Kier molecular flexibility index (Phi) is 8.38. The molecular weight excluding hydrogens is 471 g/mol. The van der Waals surface area contributed by atoms with E-state index in [2.05, 4.69) is 25.5 Å². The minimum absolute atomic E-state index is 0.0580. The van der Waals surface area contributed by atoms with Crippen molar-refractivity contribution in [3.05, 3.63) is 38.5 Å². The van der Waals surface area contributed by atoms with E-state index in [1.165, 1.54) is 12.1 Å². The van der Waals surface area contributed by atoms with Gasteiger partial charge in [-0.05, 0) is 38.5 Å². The molecule has 0 atom stereocenters. The maximum atomic E-state index is 11.9. The molecule has 0 saturated carbocycles. The predicted octanol–water partition coefficient (Wildman–Crippen LogP) is 4.41. The van der Waals surface area contributed by atoms with Gasteiger partial charge in [-0.3, -0.25) is 15.5 Å². The van der Waals surface area contributed by atoms with Crippen molar-refractivity contribution in [2.24, 2.45) is 5.10 Å². The van der Waals surface area contributed by atoms with Crippen molar-refractivity contribution in [1.29, 1.82) is 5.26 Å². The Morgan fingerprint density at radius 3 is 2.39 bits per heavy atom. The number of hydrogen-bond acceptors (Lipinski definition) is 9. The molecule has 1 heterocycles. The number of alkyl carbamates (subject to hydrolysis) is 1. The molecule has 0 radical (unpaired) electrons. The summed E-state index contributed by atoms with van der Waals surface area (Å²) in [7, 11) is 0. The Bertz CT molecular complexity index is 1080. The average molecular weight is 486 g/mol. The Morgan fingerprint density at radius 1 is 1.16 bits per heavy atom. The standard InChI is InChI=1S/C18H15Cl3N6O4/c1-4-30-18(29)23-16(28)13(7-22)25-24-10-5-11(19)14(12(20)6-10)31-17-9(3)8(2)15(21)26-27-17/h5-6,24H,4H2,1-3H3,(H,23,28,29)/b25-13+. The molecule has 162 valence electrons. The topological polar surface area (TPSA) is 139 Å². The molecule has 2 rings (SSSR count). The van der Waals surface area contributed by atoms with E-state index in [-0.39, 0.29) is 39.1 Å². The molecule has 31 heavy (non-hydrogen) atoms. The lowest BCUT2D eigenvalue weighted by atomic mass is 10.2. The maximum Gasteiger partial charge on any atom is 0.414 e. The quantitative estimate of drug-likeness (QED) is 0.453. The number of carbonyl (C=O) groups is 2. The fourth-order valence-corrected chi connectivity index (χ4v) is 2.78. The minimum Gasteiger partial charge on any atom is -0.450 e. The first-order chi connectivity index (χ1) is 14.7. The Balaban J connectivity index is 2.21. The van der Waals surface area contributed by atoms with Crippen molar-refractivity contribution in [3.63, 3.8) is 0 Å². The zero-order valence-corrected chi connectivity index (χ0v) is 18.7. The lowest BCUT2D eigenvalue weighted by molar-refractivity contribution is -0.114. The molecule has 0 unspecified atom stereocenters. The Morgan fingerprint density at radius 2 is 1.81 bits per heavy atom. The molecule has 2 aromatic rings. The van der Waals surface area contributed by atoms with E-state index < -0.39 is 17.7 Å². The number of nitrogens with zero attached hydrogens (tertiary/aromatic N) is 4. The van der Waals surface area contributed by atoms with Gasteiger partial charge < -0.3 is 9.47 Å². The molecular formula is C18H15Cl3N6O4. The zero-order valence-electron chi connectivity index (χ0n) is 16.4. The van der Waals surface area contributed by atoms with Crippen LogP contribution in [0, 0.1) is 25.2 Å². The number of anilines is 1. The van der Waals surface area contributed by atoms with Crippen LogP contribution in [-0.2, 0) is 9.53 Å². The van der Waals surface area contributed by atoms with Gasteiger partial charge in [0.2, 0.25) is 11.6 Å². The first-order valence-corrected chi connectivity index (χ1v) is 9.69. The van der Waals surface area contributed by atoms with Crippen LogP contribution in [0.4, 0.5) is 10.5 Å². The van der Waals surface area contributed by atoms with Crippen LogP contribution in [0.3, 0.4) is 0 Å². The first-order valence-electron chi connectivity index (χ1n) is 8.56. The molecule has 0 fully saturated rings. The van der Waals surface area contributed by atoms with Gasteiger partial charge in [-0.1, -0.05) is 34.8 Å². The normalized spacial score (nSPS) is 10.8. The van der Waals surface area contributed by atoms with Crippen LogP contribution in [-0.4, -0.2) is 34.5 Å². The van der Waals surface area contributed by atoms with Crippen LogP contribution >= 0.6 is 34.8 Å². The summed E-state index contributed by atoms with van der Waals surface area (Å²) in [6, 6.07) is 4.36. The van der Waals surface area contributed by atoms with E-state index >= 15 is 0 Å². The van der Waals surface area contributed by atoms with Crippen molar-refractivity contribution in [3.8, 4) is 17.7 Å². The third kappa shape index (κ3) is 6.18. The summed E-state index contributed by atoms with van der Waals surface area (Å²) in [5.41, 5.74) is 3.44. The van der Waals surface area contributed by atoms with E-state index in [4.69, 9.17) is 44.8 Å². The molecule has 1 aromatic carbocycles. The minimum atomic E-state index is -1.04. The highest BCUT2D eigenvalue weighted by atomic mass is 35.5. The summed E-state index contributed by atoms with van der Waals surface area (Å²) in [5, 5.41) is 22.7. The zero-order chi connectivity index (χ0) is 23.1. The number of rotatable bonds is 6. The van der Waals surface area contributed by atoms with Crippen LogP contribution in [0.2, 0.25) is 15.2 Å². The highest BCUT2D eigenvalue weighted by Crippen LogP contribution is 2.39. The second-order valence-corrected chi connectivity index (χ2v) is 6.95. The van der Waals surface area contributed by atoms with Gasteiger partial charge >= 0.3 is 6.09 Å². The molecule has 2 N–H and O–H groups in total. The summed E-state index contributed by atoms with van der Waals surface area (Å²) in [5.74, 6) is -0.762. The fraction of sp³-hybridized carbons (Fsp3) is 0.222. The van der Waals surface area contributed by atoms with Crippen LogP contribution < -0.4 is 15.5 Å². The van der Waals surface area contributed by atoms with E-state index in [0.29, 0.717) is 11.1 Å². The van der Waals surface area contributed by atoms with Gasteiger partial charge in [0.05, 0.1) is 22.3 Å². The maximum absolute atomic E-state index is 11.9. The van der Waals surface area contributed by atoms with Gasteiger partial charge in [0.1, 0.15) is 6.07 Å². The number of amides is 2. The number of benzene rings is 1. The van der Waals surface area contributed by atoms with E-state index in [1.54, 1.807) is 26.8 Å². The molecule has 10 nitrogen and oxygen atoms in total. The van der Waals surface area contributed by atoms with Gasteiger partial charge in [-0.15, -0.1) is 10.2 Å². The number of hydrogen-bond donors (Lipinski definition) is 2. The average Bonchev–Trinajstić information content (AvgIpc) is 2.71. The second-order valence-electron chi connectivity index (χ2n) is 5.78. The van der Waals surface area contributed by atoms with Gasteiger partial charge in [-0.25, -0.2) is 4.79 Å². The fourth-order valence-electron chi connectivity index (χ4n) is 2.04. The van der Waals surface area contributed by atoms with E-state index in [9.17, 15) is 9.59 Å². The Hall–Kier alpha value is -3.13. The number of halogens is 3. The van der Waals surface area contributed by atoms with Crippen LogP contribution in [0.15, 0.2) is 17.2 Å². The SMILES string of the molecule is CCOC(=O)NC(=O)/C(C#N)=N/Nc1cc(Cl)c(Oc2nnc(Cl)c(C)c2C)c(Cl)c1. The highest BCUT2D eigenvalue weighted by Gasteiger charge is 2.17. The molecule has 13 heteroatoms. The van der Waals surface area contributed by atoms with Crippen molar-refractivity contribution in [2.75, 3.05) is 12.0 Å². The van der Waals surface area contributed by atoms with Crippen LogP contribution in [0.1, 0.15) is 18.1 Å². The molecule has 1 aromatic heterocycles. The van der Waals surface area contributed by atoms with Crippen molar-refractivity contribution in [2.45, 2.75) is 20.8 Å². The summed E-state index contributed by atoms with van der Waals surface area (Å²) in [6.45, 7) is 5.14. The molecule has 2 amide bonds. The smallest absolute Gasteiger partial charge is 0.414 e. The van der Waals surface area contributed by atoms with Gasteiger partial charge in [0.15, 0.2) is 10.9 Å². The number of nitriles is 1. The van der Waals surface area contributed by atoms with Crippen LogP contribution in [0.5, 0.6) is 11.6 Å². The van der Waals surface area contributed by atoms with Crippen molar-refractivity contribution < 1.29 is 19.1 Å². The number of nitrogens with one attached hydrogen (secondary N) is 2. The molecule has 0 bridgehead atoms. The first kappa shape index (κ1) is 24.1. The third-order valence-electron chi connectivity index (χ3n) is 3.73. The van der Waals surface area contributed by atoms with Crippen molar-refractivity contribution >= 4 is 58.2 Å². The third-order valence-corrected chi connectivity index (χ3v) is 4.65. The number of aromatic nitrogens is 2. The summed E-state index contributed by atoms with van der Waals surface area (Å²) < 4.78 is 10.2. The second kappa shape index (κ2) is 10.8. The largest absolute Gasteiger partial charge is 0.450 e. The number of hydrazone groups is 1. The van der Waals surface area contributed by atoms with E-state index in [1.807, 2.05) is 5.32 Å². The summed E-state index contributed by atoms with van der Waals surface area (Å²) in [4.78, 5) is 23.1. The number of carbonyl (C=O) groups excluding carboxylic acids is 2. The summed E-state index contributed by atoms with van der Waals surface area (Å²) in [6.07, 6.45) is -1.00. The van der Waals surface area contributed by atoms with Gasteiger partial charge in [-0.2, -0.15) is 10.4 Å². The lowest BCUT2D eigenvalue weighted by Crippen LogP contribution is -2.36. The molecule has 0 spiro atoms. The Labute approximate surface area is 192 Å². The molecule has 0 aliphatic heterocycles. The van der Waals surface area contributed by atoms with Crippen molar-refractivity contribution in [1.82, 2.24) is 15.5 Å². The monoisotopic (exact) mass is 484 g/mol. The lowest BCUT2D eigenvalue weighted by Gasteiger charge is -2.13. The van der Waals surface area contributed by atoms with Gasteiger partial charge in [0, 0.05) is 5.56 Å². The van der Waals surface area contributed by atoms with E-state index in [0.717, 1.165) is 0 Å². The highest BCUT2D eigenvalue weighted by molar-refractivity contribution is 6.47. The summed E-state index contributed by atoms with van der Waals surface area (Å²) >= 11 is 18.4. The molecule has 0 aliphatic rings. The predicted molar refractivity (Wildman–Crippen MR) is 115 cm³/mol. The number of ether oxygens (including phenoxy) is 2. The van der Waals surface area contributed by atoms with Crippen LogP contribution in [0.25, 0.3) is 0 Å².